The summed E-state index contributed by atoms with van der Waals surface area (Å²) in [5.74, 6) is -1.15. The zero-order valence-electron chi connectivity index (χ0n) is 15.3. The molecule has 2 aromatic carbocycles. The summed E-state index contributed by atoms with van der Waals surface area (Å²) >= 11 is 11.9. The van der Waals surface area contributed by atoms with E-state index in [0.29, 0.717) is 18.9 Å². The lowest BCUT2D eigenvalue weighted by Gasteiger charge is -2.28. The largest absolute Gasteiger partial charge is 0.449 e. The van der Waals surface area contributed by atoms with Crippen LogP contribution in [0.1, 0.15) is 17.3 Å². The van der Waals surface area contributed by atoms with Crippen LogP contribution >= 0.6 is 23.2 Å². The number of carbonyl (C=O) groups is 2. The zero-order valence-corrected chi connectivity index (χ0v) is 16.8. The molecule has 1 N–H and O–H groups in total. The third-order valence-corrected chi connectivity index (χ3v) is 5.15. The Kier molecular flexibility index (Phi) is 6.78. The average molecular weight is 423 g/mol. The quantitative estimate of drug-likeness (QED) is 0.737. The van der Waals surface area contributed by atoms with Crippen LogP contribution in [0.4, 0.5) is 11.4 Å². The number of ether oxygens (including phenoxy) is 2. The summed E-state index contributed by atoms with van der Waals surface area (Å²) in [6.07, 6.45) is -0.999. The van der Waals surface area contributed by atoms with Gasteiger partial charge >= 0.3 is 5.97 Å². The summed E-state index contributed by atoms with van der Waals surface area (Å²) in [7, 11) is 0. The summed E-state index contributed by atoms with van der Waals surface area (Å²) in [6, 6.07) is 12.1. The van der Waals surface area contributed by atoms with Crippen molar-refractivity contribution in [1.82, 2.24) is 0 Å². The molecule has 1 unspecified atom stereocenters. The van der Waals surface area contributed by atoms with E-state index >= 15 is 0 Å². The molecule has 0 saturated carbocycles. The van der Waals surface area contributed by atoms with Crippen LogP contribution in [0.25, 0.3) is 0 Å². The lowest BCUT2D eigenvalue weighted by molar-refractivity contribution is -0.123. The van der Waals surface area contributed by atoms with Crippen molar-refractivity contribution in [3.63, 3.8) is 0 Å². The van der Waals surface area contributed by atoms with Crippen molar-refractivity contribution in [2.75, 3.05) is 36.5 Å². The second-order valence-corrected chi connectivity index (χ2v) is 7.07. The number of rotatable bonds is 5. The molecular formula is C20H20Cl2N2O4. The third kappa shape index (κ3) is 4.95. The molecule has 0 radical (unpaired) electrons. The lowest BCUT2D eigenvalue weighted by Crippen LogP contribution is -2.36. The Labute approximate surface area is 173 Å². The average Bonchev–Trinajstić information content (AvgIpc) is 2.71. The van der Waals surface area contributed by atoms with Crippen LogP contribution in [0.3, 0.4) is 0 Å². The maximum Gasteiger partial charge on any atom is 0.340 e. The van der Waals surface area contributed by atoms with Gasteiger partial charge < -0.3 is 19.7 Å². The van der Waals surface area contributed by atoms with Crippen LogP contribution in [0.15, 0.2) is 42.5 Å². The van der Waals surface area contributed by atoms with Gasteiger partial charge in [-0.15, -0.1) is 0 Å². The number of nitrogens with one attached hydrogen (secondary N) is 1. The number of nitrogens with zero attached hydrogens (tertiary/aromatic N) is 1. The lowest BCUT2D eigenvalue weighted by atomic mass is 10.2. The molecule has 0 aliphatic carbocycles. The monoisotopic (exact) mass is 422 g/mol. The molecule has 0 aromatic heterocycles. The molecule has 1 aliphatic heterocycles. The van der Waals surface area contributed by atoms with Gasteiger partial charge in [0.05, 0.1) is 28.8 Å². The fourth-order valence-electron chi connectivity index (χ4n) is 2.76. The maximum absolute atomic E-state index is 12.3. The predicted octanol–water partition coefficient (Wildman–Crippen LogP) is 4.01. The summed E-state index contributed by atoms with van der Waals surface area (Å²) in [5.41, 5.74) is 1.80. The van der Waals surface area contributed by atoms with Crippen LogP contribution in [0.2, 0.25) is 10.0 Å². The van der Waals surface area contributed by atoms with Crippen LogP contribution in [-0.2, 0) is 14.3 Å². The molecule has 0 spiro atoms. The summed E-state index contributed by atoms with van der Waals surface area (Å²) in [6.45, 7) is 4.58. The number of anilines is 2. The predicted molar refractivity (Wildman–Crippen MR) is 109 cm³/mol. The van der Waals surface area contributed by atoms with Gasteiger partial charge in [0.1, 0.15) is 0 Å². The van der Waals surface area contributed by atoms with Gasteiger partial charge in [-0.1, -0.05) is 29.3 Å². The molecule has 1 aliphatic rings. The van der Waals surface area contributed by atoms with Gasteiger partial charge in [-0.05, 0) is 43.3 Å². The van der Waals surface area contributed by atoms with Gasteiger partial charge in [-0.25, -0.2) is 4.79 Å². The second-order valence-electron chi connectivity index (χ2n) is 6.28. The number of carbonyl (C=O) groups excluding carboxylic acids is 2. The molecule has 1 saturated heterocycles. The fraction of sp³-hybridized carbons (Fsp3) is 0.300. The first kappa shape index (κ1) is 20.5. The van der Waals surface area contributed by atoms with Crippen molar-refractivity contribution in [1.29, 1.82) is 0 Å². The Bertz CT molecular complexity index is 852. The van der Waals surface area contributed by atoms with E-state index < -0.39 is 18.0 Å². The molecule has 1 atom stereocenters. The Hall–Kier alpha value is -2.28. The number of halogens is 2. The number of esters is 1. The Morgan fingerprint density at radius 1 is 1.11 bits per heavy atom. The maximum atomic E-state index is 12.3. The smallest absolute Gasteiger partial charge is 0.340 e. The summed E-state index contributed by atoms with van der Waals surface area (Å²) in [4.78, 5) is 26.8. The molecule has 1 amide bonds. The molecule has 6 nitrogen and oxygen atoms in total. The van der Waals surface area contributed by atoms with Crippen molar-refractivity contribution in [2.45, 2.75) is 13.0 Å². The van der Waals surface area contributed by atoms with Crippen LogP contribution < -0.4 is 10.2 Å². The van der Waals surface area contributed by atoms with E-state index in [1.807, 2.05) is 24.3 Å². The van der Waals surface area contributed by atoms with Gasteiger partial charge in [0.25, 0.3) is 5.91 Å². The number of morpholine rings is 1. The van der Waals surface area contributed by atoms with Gasteiger partial charge in [-0.3, -0.25) is 4.79 Å². The highest BCUT2D eigenvalue weighted by Crippen LogP contribution is 2.26. The number of benzene rings is 2. The van der Waals surface area contributed by atoms with Gasteiger partial charge in [0.15, 0.2) is 6.10 Å². The van der Waals surface area contributed by atoms with E-state index in [2.05, 4.69) is 10.2 Å². The van der Waals surface area contributed by atoms with Crippen molar-refractivity contribution >= 4 is 46.5 Å². The third-order valence-electron chi connectivity index (χ3n) is 4.34. The Morgan fingerprint density at radius 3 is 2.46 bits per heavy atom. The highest BCUT2D eigenvalue weighted by molar-refractivity contribution is 6.43. The molecule has 148 valence electrons. The first-order valence-electron chi connectivity index (χ1n) is 8.84. The van der Waals surface area contributed by atoms with Crippen molar-refractivity contribution in [3.8, 4) is 0 Å². The fourth-order valence-corrected chi connectivity index (χ4v) is 3.14. The van der Waals surface area contributed by atoms with Gasteiger partial charge in [-0.2, -0.15) is 0 Å². The molecule has 0 bridgehead atoms. The molecule has 28 heavy (non-hydrogen) atoms. The van der Waals surface area contributed by atoms with Crippen molar-refractivity contribution in [3.05, 3.63) is 58.1 Å². The van der Waals surface area contributed by atoms with E-state index in [1.165, 1.54) is 13.0 Å². The Balaban J connectivity index is 1.57. The van der Waals surface area contributed by atoms with Crippen LogP contribution in [0.5, 0.6) is 0 Å². The topological polar surface area (TPSA) is 67.9 Å². The number of amides is 1. The standard InChI is InChI=1S/C20H20Cl2N2O4/c1-13(28-20(26)16-3-2-4-17(21)18(16)22)19(25)23-14-5-7-15(8-6-14)24-9-11-27-12-10-24/h2-8,13H,9-12H2,1H3,(H,23,25). The van der Waals surface area contributed by atoms with E-state index in [4.69, 9.17) is 32.7 Å². The van der Waals surface area contributed by atoms with E-state index in [1.54, 1.807) is 12.1 Å². The molecular weight excluding hydrogens is 403 g/mol. The summed E-state index contributed by atoms with van der Waals surface area (Å²) < 4.78 is 10.6. The van der Waals surface area contributed by atoms with E-state index in [0.717, 1.165) is 18.8 Å². The minimum atomic E-state index is -0.999. The van der Waals surface area contributed by atoms with Gasteiger partial charge in [0.2, 0.25) is 0 Å². The molecule has 3 rings (SSSR count). The Morgan fingerprint density at radius 2 is 1.79 bits per heavy atom. The highest BCUT2D eigenvalue weighted by Gasteiger charge is 2.21. The molecule has 1 heterocycles. The number of hydrogen-bond donors (Lipinski definition) is 1. The summed E-state index contributed by atoms with van der Waals surface area (Å²) in [5, 5.41) is 3.08. The van der Waals surface area contributed by atoms with Crippen molar-refractivity contribution in [2.24, 2.45) is 0 Å². The van der Waals surface area contributed by atoms with Crippen LogP contribution in [-0.4, -0.2) is 44.3 Å². The van der Waals surface area contributed by atoms with Gasteiger partial charge in [0, 0.05) is 24.5 Å². The minimum absolute atomic E-state index is 0.0977. The molecule has 1 fully saturated rings. The van der Waals surface area contributed by atoms with Crippen molar-refractivity contribution < 1.29 is 19.1 Å². The van der Waals surface area contributed by atoms with E-state index in [-0.39, 0.29) is 15.6 Å². The van der Waals surface area contributed by atoms with Crippen LogP contribution in [0, 0.1) is 0 Å². The highest BCUT2D eigenvalue weighted by atomic mass is 35.5. The number of hydrogen-bond acceptors (Lipinski definition) is 5. The first-order chi connectivity index (χ1) is 13.5. The molecule has 2 aromatic rings. The normalized spacial score (nSPS) is 15.0. The first-order valence-corrected chi connectivity index (χ1v) is 9.60. The zero-order chi connectivity index (χ0) is 20.1. The SMILES string of the molecule is CC(OC(=O)c1cccc(Cl)c1Cl)C(=O)Nc1ccc(N2CCOCC2)cc1. The van der Waals surface area contributed by atoms with E-state index in [9.17, 15) is 9.59 Å². The minimum Gasteiger partial charge on any atom is -0.449 e. The molecule has 8 heteroatoms. The second kappa shape index (κ2) is 9.28.